The van der Waals surface area contributed by atoms with Gasteiger partial charge in [-0.15, -0.1) is 0 Å². The molecular weight excluding hydrogens is 232 g/mol. The lowest BCUT2D eigenvalue weighted by atomic mass is 9.85. The van der Waals surface area contributed by atoms with Gasteiger partial charge in [0, 0.05) is 11.6 Å². The Morgan fingerprint density at radius 2 is 1.72 bits per heavy atom. The first-order valence-electron chi connectivity index (χ1n) is 6.52. The summed E-state index contributed by atoms with van der Waals surface area (Å²) in [7, 11) is 0. The molecule has 1 atom stereocenters. The minimum Gasteiger partial charge on any atom is -0.310 e. The summed E-state index contributed by atoms with van der Waals surface area (Å²) < 4.78 is 27.6. The molecule has 0 fully saturated rings. The Balaban J connectivity index is 3.01. The van der Waals surface area contributed by atoms with Crippen LogP contribution in [0.5, 0.6) is 0 Å². The van der Waals surface area contributed by atoms with Crippen molar-refractivity contribution >= 4 is 0 Å². The Morgan fingerprint density at radius 3 is 2.17 bits per heavy atom. The van der Waals surface area contributed by atoms with Gasteiger partial charge in [-0.1, -0.05) is 33.8 Å². The minimum atomic E-state index is -0.465. The van der Waals surface area contributed by atoms with Gasteiger partial charge in [0.05, 0.1) is 0 Å². The highest BCUT2D eigenvalue weighted by Crippen LogP contribution is 2.32. The van der Waals surface area contributed by atoms with Crippen molar-refractivity contribution in [3.05, 3.63) is 35.4 Å². The van der Waals surface area contributed by atoms with E-state index in [2.05, 4.69) is 26.1 Å². The summed E-state index contributed by atoms with van der Waals surface area (Å²) in [5.41, 5.74) is 0.181. The molecule has 0 aromatic heterocycles. The fraction of sp³-hybridized carbons (Fsp3) is 0.600. The van der Waals surface area contributed by atoms with Crippen LogP contribution in [0.2, 0.25) is 0 Å². The zero-order valence-electron chi connectivity index (χ0n) is 11.7. The molecule has 1 nitrogen and oxygen atoms in total. The van der Waals surface area contributed by atoms with E-state index in [0.29, 0.717) is 6.42 Å². The van der Waals surface area contributed by atoms with Crippen LogP contribution < -0.4 is 5.32 Å². The standard InChI is InChI=1S/C15H23F2N/c1-5-9-18-13(10-15(2,3)4)14-11(16)7-6-8-12(14)17/h6-8,13,18H,5,9-10H2,1-4H3. The maximum atomic E-state index is 13.8. The van der Waals surface area contributed by atoms with Crippen molar-refractivity contribution in [3.63, 3.8) is 0 Å². The van der Waals surface area contributed by atoms with E-state index in [9.17, 15) is 8.78 Å². The fourth-order valence-corrected chi connectivity index (χ4v) is 2.05. The van der Waals surface area contributed by atoms with Gasteiger partial charge in [-0.05, 0) is 36.9 Å². The van der Waals surface area contributed by atoms with E-state index >= 15 is 0 Å². The number of hydrogen-bond donors (Lipinski definition) is 1. The maximum Gasteiger partial charge on any atom is 0.130 e. The molecule has 18 heavy (non-hydrogen) atoms. The summed E-state index contributed by atoms with van der Waals surface area (Å²) in [5, 5.41) is 3.24. The van der Waals surface area contributed by atoms with Gasteiger partial charge in [0.2, 0.25) is 0 Å². The summed E-state index contributed by atoms with van der Waals surface area (Å²) in [4.78, 5) is 0. The van der Waals surface area contributed by atoms with Gasteiger partial charge in [-0.25, -0.2) is 8.78 Å². The van der Waals surface area contributed by atoms with Crippen molar-refractivity contribution < 1.29 is 8.78 Å². The highest BCUT2D eigenvalue weighted by Gasteiger charge is 2.24. The van der Waals surface area contributed by atoms with E-state index in [4.69, 9.17) is 0 Å². The average molecular weight is 255 g/mol. The Kier molecular flexibility index (Phi) is 5.27. The van der Waals surface area contributed by atoms with Crippen molar-refractivity contribution in [1.82, 2.24) is 5.32 Å². The lowest BCUT2D eigenvalue weighted by molar-refractivity contribution is 0.301. The summed E-state index contributed by atoms with van der Waals surface area (Å²) in [5.74, 6) is -0.930. The molecule has 0 saturated carbocycles. The quantitative estimate of drug-likeness (QED) is 0.820. The molecule has 0 heterocycles. The van der Waals surface area contributed by atoms with E-state index < -0.39 is 11.6 Å². The van der Waals surface area contributed by atoms with Crippen LogP contribution in [0.25, 0.3) is 0 Å². The molecule has 3 heteroatoms. The first-order valence-corrected chi connectivity index (χ1v) is 6.52. The topological polar surface area (TPSA) is 12.0 Å². The lowest BCUT2D eigenvalue weighted by Gasteiger charge is -2.27. The smallest absolute Gasteiger partial charge is 0.130 e. The molecule has 0 aliphatic rings. The van der Waals surface area contributed by atoms with Crippen LogP contribution >= 0.6 is 0 Å². The number of nitrogens with one attached hydrogen (secondary N) is 1. The van der Waals surface area contributed by atoms with Crippen LogP contribution in [0.3, 0.4) is 0 Å². The zero-order valence-corrected chi connectivity index (χ0v) is 11.7. The molecule has 0 amide bonds. The Morgan fingerprint density at radius 1 is 1.17 bits per heavy atom. The molecular formula is C15H23F2N. The van der Waals surface area contributed by atoms with E-state index in [-0.39, 0.29) is 17.0 Å². The number of hydrogen-bond acceptors (Lipinski definition) is 1. The monoisotopic (exact) mass is 255 g/mol. The Bertz CT molecular complexity index is 362. The second-order valence-electron chi connectivity index (χ2n) is 5.91. The van der Waals surface area contributed by atoms with Gasteiger partial charge in [0.1, 0.15) is 11.6 Å². The molecule has 0 saturated heterocycles. The average Bonchev–Trinajstić information content (AvgIpc) is 2.23. The molecule has 1 N–H and O–H groups in total. The van der Waals surface area contributed by atoms with Crippen molar-refractivity contribution in [1.29, 1.82) is 0 Å². The predicted molar refractivity (Wildman–Crippen MR) is 71.5 cm³/mol. The summed E-state index contributed by atoms with van der Waals surface area (Å²) in [6.07, 6.45) is 1.64. The second kappa shape index (κ2) is 6.28. The van der Waals surface area contributed by atoms with Crippen LogP contribution in [0, 0.1) is 17.0 Å². The van der Waals surface area contributed by atoms with Gasteiger partial charge in [0.15, 0.2) is 0 Å². The molecule has 1 aromatic rings. The SMILES string of the molecule is CCCNC(CC(C)(C)C)c1c(F)cccc1F. The fourth-order valence-electron chi connectivity index (χ4n) is 2.05. The minimum absolute atomic E-state index is 0.0140. The summed E-state index contributed by atoms with van der Waals surface area (Å²) in [6, 6.07) is 3.78. The van der Waals surface area contributed by atoms with E-state index in [1.807, 2.05) is 6.92 Å². The maximum absolute atomic E-state index is 13.8. The first kappa shape index (κ1) is 15.1. The molecule has 0 radical (unpaired) electrons. The number of benzene rings is 1. The van der Waals surface area contributed by atoms with E-state index in [1.165, 1.54) is 18.2 Å². The molecule has 0 aliphatic heterocycles. The van der Waals surface area contributed by atoms with Gasteiger partial charge in [-0.2, -0.15) is 0 Å². The number of rotatable bonds is 5. The summed E-state index contributed by atoms with van der Waals surface area (Å²) in [6.45, 7) is 9.03. The predicted octanol–water partition coefficient (Wildman–Crippen LogP) is 4.44. The van der Waals surface area contributed by atoms with Crippen molar-refractivity contribution in [2.75, 3.05) is 6.54 Å². The largest absolute Gasteiger partial charge is 0.310 e. The molecule has 1 aromatic carbocycles. The van der Waals surface area contributed by atoms with Crippen molar-refractivity contribution in [2.45, 2.75) is 46.6 Å². The first-order chi connectivity index (χ1) is 8.35. The second-order valence-corrected chi connectivity index (χ2v) is 5.91. The van der Waals surface area contributed by atoms with Gasteiger partial charge >= 0.3 is 0 Å². The molecule has 0 spiro atoms. The molecule has 1 unspecified atom stereocenters. The highest BCUT2D eigenvalue weighted by atomic mass is 19.1. The van der Waals surface area contributed by atoms with Crippen LogP contribution in [0.1, 0.15) is 52.1 Å². The number of halogens is 2. The van der Waals surface area contributed by atoms with Gasteiger partial charge in [-0.3, -0.25) is 0 Å². The van der Waals surface area contributed by atoms with Crippen LogP contribution in [-0.4, -0.2) is 6.54 Å². The highest BCUT2D eigenvalue weighted by molar-refractivity contribution is 5.23. The Labute approximate surface area is 109 Å². The van der Waals surface area contributed by atoms with Crippen LogP contribution in [0.15, 0.2) is 18.2 Å². The zero-order chi connectivity index (χ0) is 13.8. The molecule has 0 bridgehead atoms. The normalized spacial score (nSPS) is 13.7. The third-order valence-corrected chi connectivity index (χ3v) is 2.81. The van der Waals surface area contributed by atoms with E-state index in [0.717, 1.165) is 13.0 Å². The molecule has 0 aliphatic carbocycles. The van der Waals surface area contributed by atoms with Crippen LogP contribution in [-0.2, 0) is 0 Å². The van der Waals surface area contributed by atoms with Crippen molar-refractivity contribution in [2.24, 2.45) is 5.41 Å². The Hall–Kier alpha value is -0.960. The van der Waals surface area contributed by atoms with Gasteiger partial charge in [0.25, 0.3) is 0 Å². The third-order valence-electron chi connectivity index (χ3n) is 2.81. The van der Waals surface area contributed by atoms with Crippen molar-refractivity contribution in [3.8, 4) is 0 Å². The summed E-state index contributed by atoms with van der Waals surface area (Å²) >= 11 is 0. The van der Waals surface area contributed by atoms with Gasteiger partial charge < -0.3 is 5.32 Å². The lowest BCUT2D eigenvalue weighted by Crippen LogP contribution is -2.28. The third kappa shape index (κ3) is 4.37. The molecule has 1 rings (SSSR count). The molecule has 102 valence electrons. The van der Waals surface area contributed by atoms with Crippen LogP contribution in [0.4, 0.5) is 8.78 Å². The van der Waals surface area contributed by atoms with E-state index in [1.54, 1.807) is 0 Å².